The zero-order valence-electron chi connectivity index (χ0n) is 12.7. The Morgan fingerprint density at radius 1 is 1.25 bits per heavy atom. The molecule has 2 unspecified atom stereocenters. The summed E-state index contributed by atoms with van der Waals surface area (Å²) < 4.78 is 0. The second-order valence-electron chi connectivity index (χ2n) is 5.48. The lowest BCUT2D eigenvalue weighted by Crippen LogP contribution is -2.41. The van der Waals surface area contributed by atoms with Crippen molar-refractivity contribution in [3.05, 3.63) is 64.7 Å². The van der Waals surface area contributed by atoms with Gasteiger partial charge in [0.25, 0.3) is 5.91 Å². The summed E-state index contributed by atoms with van der Waals surface area (Å²) in [6.07, 6.45) is 2.04. The van der Waals surface area contributed by atoms with Crippen LogP contribution in [-0.2, 0) is 4.79 Å². The molecule has 4 N–H and O–H groups in total. The first kappa shape index (κ1) is 16.4. The molecule has 24 heavy (non-hydrogen) atoms. The average Bonchev–Trinajstić information content (AvgIpc) is 3.05. The molecule has 124 valence electrons. The molecule has 6 nitrogen and oxygen atoms in total. The second-order valence-corrected chi connectivity index (χ2v) is 5.89. The summed E-state index contributed by atoms with van der Waals surface area (Å²) in [6.45, 7) is 0. The second kappa shape index (κ2) is 7.44. The molecule has 0 bridgehead atoms. The van der Waals surface area contributed by atoms with Crippen molar-refractivity contribution in [2.75, 3.05) is 0 Å². The number of halogens is 1. The number of carbonyl (C=O) groups is 1. The van der Waals surface area contributed by atoms with Gasteiger partial charge in [-0.25, -0.2) is 16.3 Å². The zero-order valence-corrected chi connectivity index (χ0v) is 13.5. The number of amides is 1. The minimum Gasteiger partial charge on any atom is -0.508 e. The fourth-order valence-electron chi connectivity index (χ4n) is 2.54. The van der Waals surface area contributed by atoms with Crippen molar-refractivity contribution >= 4 is 23.7 Å². The SMILES string of the molecule is O=C(N/N=C/c1cccc(O)c1)C1CC(c2ccccc2Cl)NN1. The first-order chi connectivity index (χ1) is 11.6. The van der Waals surface area contributed by atoms with E-state index in [1.165, 1.54) is 6.21 Å². The van der Waals surface area contributed by atoms with Gasteiger partial charge < -0.3 is 5.11 Å². The van der Waals surface area contributed by atoms with Crippen LogP contribution in [0.4, 0.5) is 0 Å². The topological polar surface area (TPSA) is 85.8 Å². The van der Waals surface area contributed by atoms with Crippen LogP contribution in [-0.4, -0.2) is 23.3 Å². The molecule has 1 fully saturated rings. The Morgan fingerprint density at radius 2 is 2.08 bits per heavy atom. The van der Waals surface area contributed by atoms with Crippen molar-refractivity contribution in [2.24, 2.45) is 5.10 Å². The smallest absolute Gasteiger partial charge is 0.258 e. The van der Waals surface area contributed by atoms with Crippen LogP contribution < -0.4 is 16.3 Å². The third-order valence-corrected chi connectivity index (χ3v) is 4.10. The minimum absolute atomic E-state index is 0.0375. The summed E-state index contributed by atoms with van der Waals surface area (Å²) in [5.74, 6) is -0.0945. The van der Waals surface area contributed by atoms with Crippen molar-refractivity contribution in [3.63, 3.8) is 0 Å². The summed E-state index contributed by atoms with van der Waals surface area (Å²) in [4.78, 5) is 12.2. The van der Waals surface area contributed by atoms with Crippen LogP contribution in [0.25, 0.3) is 0 Å². The predicted octanol–water partition coefficient (Wildman–Crippen LogP) is 2.10. The van der Waals surface area contributed by atoms with Crippen LogP contribution in [0.1, 0.15) is 23.6 Å². The maximum Gasteiger partial charge on any atom is 0.258 e. The molecule has 2 aromatic carbocycles. The van der Waals surface area contributed by atoms with Crippen molar-refractivity contribution < 1.29 is 9.90 Å². The van der Waals surface area contributed by atoms with Crippen LogP contribution in [0.3, 0.4) is 0 Å². The monoisotopic (exact) mass is 344 g/mol. The maximum atomic E-state index is 12.2. The number of phenols is 1. The summed E-state index contributed by atoms with van der Waals surface area (Å²) in [5.41, 5.74) is 10.2. The number of benzene rings is 2. The fraction of sp³-hybridized carbons (Fsp3) is 0.176. The van der Waals surface area contributed by atoms with E-state index in [-0.39, 0.29) is 17.7 Å². The molecule has 1 amide bonds. The number of hydrazone groups is 1. The van der Waals surface area contributed by atoms with Crippen molar-refractivity contribution in [2.45, 2.75) is 18.5 Å². The fourth-order valence-corrected chi connectivity index (χ4v) is 2.81. The van der Waals surface area contributed by atoms with Gasteiger partial charge >= 0.3 is 0 Å². The lowest BCUT2D eigenvalue weighted by Gasteiger charge is -2.11. The molecule has 2 atom stereocenters. The average molecular weight is 345 g/mol. The first-order valence-electron chi connectivity index (χ1n) is 7.51. The molecular weight excluding hydrogens is 328 g/mol. The van der Waals surface area contributed by atoms with Gasteiger partial charge in [-0.05, 0) is 35.7 Å². The Balaban J connectivity index is 1.56. The van der Waals surface area contributed by atoms with Crippen LogP contribution in [0.2, 0.25) is 5.02 Å². The van der Waals surface area contributed by atoms with Crippen LogP contribution in [0, 0.1) is 0 Å². The Bertz CT molecular complexity index is 766. The van der Waals surface area contributed by atoms with Gasteiger partial charge in [0.15, 0.2) is 0 Å². The number of aromatic hydroxyl groups is 1. The Hall–Kier alpha value is -2.41. The lowest BCUT2D eigenvalue weighted by atomic mass is 10.0. The maximum absolute atomic E-state index is 12.2. The summed E-state index contributed by atoms with van der Waals surface area (Å²) in [7, 11) is 0. The van der Waals surface area contributed by atoms with Gasteiger partial charge in [-0.3, -0.25) is 4.79 Å². The van der Waals surface area contributed by atoms with E-state index < -0.39 is 6.04 Å². The van der Waals surface area contributed by atoms with E-state index in [2.05, 4.69) is 21.4 Å². The number of phenolic OH excluding ortho intramolecular Hbond substituents is 1. The van der Waals surface area contributed by atoms with E-state index in [0.717, 1.165) is 5.56 Å². The molecule has 0 radical (unpaired) electrons. The van der Waals surface area contributed by atoms with Crippen LogP contribution >= 0.6 is 11.6 Å². The first-order valence-corrected chi connectivity index (χ1v) is 7.89. The quantitative estimate of drug-likeness (QED) is 0.505. The third kappa shape index (κ3) is 3.91. The zero-order chi connectivity index (χ0) is 16.9. The number of hydrogen-bond donors (Lipinski definition) is 4. The van der Waals surface area contributed by atoms with Gasteiger partial charge in [0, 0.05) is 11.1 Å². The number of hydrogen-bond acceptors (Lipinski definition) is 5. The number of hydrazine groups is 1. The summed E-state index contributed by atoms with van der Waals surface area (Å²) in [5, 5.41) is 14.0. The van der Waals surface area contributed by atoms with E-state index in [9.17, 15) is 9.90 Å². The van der Waals surface area contributed by atoms with Gasteiger partial charge in [-0.2, -0.15) is 5.10 Å². The van der Waals surface area contributed by atoms with Gasteiger partial charge in [0.2, 0.25) is 0 Å². The van der Waals surface area contributed by atoms with E-state index in [1.54, 1.807) is 24.3 Å². The molecule has 0 aromatic heterocycles. The Kier molecular flexibility index (Phi) is 5.10. The summed E-state index contributed by atoms with van der Waals surface area (Å²) >= 11 is 6.18. The summed E-state index contributed by atoms with van der Waals surface area (Å²) in [6, 6.07) is 13.7. The van der Waals surface area contributed by atoms with E-state index in [4.69, 9.17) is 11.6 Å². The van der Waals surface area contributed by atoms with E-state index >= 15 is 0 Å². The van der Waals surface area contributed by atoms with Crippen LogP contribution in [0.15, 0.2) is 53.6 Å². The molecule has 0 aliphatic carbocycles. The highest BCUT2D eigenvalue weighted by molar-refractivity contribution is 6.31. The molecule has 3 rings (SSSR count). The molecule has 1 aliphatic rings. The van der Waals surface area contributed by atoms with Gasteiger partial charge in [-0.15, -0.1) is 0 Å². The molecule has 1 saturated heterocycles. The van der Waals surface area contributed by atoms with Gasteiger partial charge in [0.05, 0.1) is 6.21 Å². The molecule has 1 aliphatic heterocycles. The third-order valence-electron chi connectivity index (χ3n) is 3.76. The molecule has 0 saturated carbocycles. The van der Waals surface area contributed by atoms with Crippen LogP contribution in [0.5, 0.6) is 5.75 Å². The Labute approximate surface area is 144 Å². The normalized spacial score (nSPS) is 20.4. The molecule has 7 heteroatoms. The minimum atomic E-state index is -0.410. The van der Waals surface area contributed by atoms with Gasteiger partial charge in [-0.1, -0.05) is 41.9 Å². The molecule has 2 aromatic rings. The van der Waals surface area contributed by atoms with Crippen molar-refractivity contribution in [1.29, 1.82) is 0 Å². The highest BCUT2D eigenvalue weighted by Gasteiger charge is 2.30. The predicted molar refractivity (Wildman–Crippen MR) is 92.7 cm³/mol. The largest absolute Gasteiger partial charge is 0.508 e. The van der Waals surface area contributed by atoms with Crippen molar-refractivity contribution in [1.82, 2.24) is 16.3 Å². The molecule has 0 spiro atoms. The standard InChI is InChI=1S/C17H17ClN4O2/c18-14-7-2-1-6-13(14)15-9-16(21-20-15)17(24)22-19-10-11-4-3-5-12(23)8-11/h1-8,10,15-16,20-21,23H,9H2,(H,22,24)/b19-10+. The number of carbonyl (C=O) groups excluding carboxylic acids is 1. The molecular formula is C17H17ClN4O2. The van der Waals surface area contributed by atoms with E-state index in [1.807, 2.05) is 24.3 Å². The Morgan fingerprint density at radius 3 is 2.88 bits per heavy atom. The number of nitrogens with one attached hydrogen (secondary N) is 3. The number of rotatable bonds is 4. The highest BCUT2D eigenvalue weighted by Crippen LogP contribution is 2.28. The number of nitrogens with zero attached hydrogens (tertiary/aromatic N) is 1. The highest BCUT2D eigenvalue weighted by atomic mass is 35.5. The molecule has 1 heterocycles. The van der Waals surface area contributed by atoms with E-state index in [0.29, 0.717) is 17.0 Å². The van der Waals surface area contributed by atoms with Crippen molar-refractivity contribution in [3.8, 4) is 5.75 Å². The lowest BCUT2D eigenvalue weighted by molar-refractivity contribution is -0.122. The van der Waals surface area contributed by atoms with Gasteiger partial charge in [0.1, 0.15) is 11.8 Å².